The van der Waals surface area contributed by atoms with Crippen molar-refractivity contribution in [1.82, 2.24) is 25.3 Å². The number of aryl methyl sites for hydroxylation is 1. The van der Waals surface area contributed by atoms with Crippen LogP contribution in [0.15, 0.2) is 40.4 Å². The lowest BCUT2D eigenvalue weighted by molar-refractivity contribution is -0.138. The van der Waals surface area contributed by atoms with Gasteiger partial charge in [0.15, 0.2) is 5.82 Å². The Balaban J connectivity index is 0.904. The molecule has 3 saturated heterocycles. The lowest BCUT2D eigenvalue weighted by atomic mass is 9.85. The summed E-state index contributed by atoms with van der Waals surface area (Å²) in [6.07, 6.45) is 8.02. The van der Waals surface area contributed by atoms with Crippen LogP contribution in [0.5, 0.6) is 0 Å². The number of aromatic nitrogens is 2. The number of benzene rings is 1. The Bertz CT molecular complexity index is 1520. The molecule has 11 heteroatoms. The number of piperidine rings is 2. The van der Waals surface area contributed by atoms with Gasteiger partial charge in [-0.05, 0) is 82.3 Å². The normalized spacial score (nSPS) is 23.1. The van der Waals surface area contributed by atoms with Crippen LogP contribution in [0, 0.1) is 12.8 Å². The molecule has 3 aromatic rings. The standard InChI is InChI=1S/C35H46N6O4S/c1-23(25-5-7-26(8-6-25)33-24(2)36-22-46-33)37-34(44)30-4-3-15-41(30)32(43)21-29-20-31(38-45-29)39-16-9-27(10-17-39)35(13-14-35)40-18-11-28(42)12-19-40/h5-8,20,22-23,27-28,30,42H,3-4,9-19,21H2,1-2H3,(H,37,44). The Kier molecular flexibility index (Phi) is 8.91. The van der Waals surface area contributed by atoms with Crippen LogP contribution >= 0.6 is 11.3 Å². The number of hydrogen-bond acceptors (Lipinski definition) is 9. The lowest BCUT2D eigenvalue weighted by Gasteiger charge is -2.44. The quantitative estimate of drug-likeness (QED) is 0.343. The zero-order valence-electron chi connectivity index (χ0n) is 27.0. The first kappa shape index (κ1) is 31.3. The van der Waals surface area contributed by atoms with E-state index < -0.39 is 6.04 Å². The molecule has 0 bridgehead atoms. The number of nitrogens with zero attached hydrogens (tertiary/aromatic N) is 5. The molecule has 246 valence electrons. The monoisotopic (exact) mass is 646 g/mol. The molecule has 1 saturated carbocycles. The van der Waals surface area contributed by atoms with Crippen molar-refractivity contribution in [3.8, 4) is 10.4 Å². The maximum atomic E-state index is 13.4. The molecule has 2 N–H and O–H groups in total. The first-order valence-corrected chi connectivity index (χ1v) is 17.9. The molecule has 4 fully saturated rings. The number of likely N-dealkylation sites (tertiary alicyclic amines) is 2. The number of amides is 2. The van der Waals surface area contributed by atoms with Crippen LogP contribution in [0.3, 0.4) is 0 Å². The van der Waals surface area contributed by atoms with Gasteiger partial charge in [-0.3, -0.25) is 14.5 Å². The third-order valence-corrected chi connectivity index (χ3v) is 11.9. The molecule has 3 aliphatic heterocycles. The summed E-state index contributed by atoms with van der Waals surface area (Å²) in [7, 11) is 0. The third-order valence-electron chi connectivity index (χ3n) is 11.0. The minimum absolute atomic E-state index is 0.0988. The zero-order chi connectivity index (χ0) is 31.8. The van der Waals surface area contributed by atoms with Gasteiger partial charge in [0.25, 0.3) is 0 Å². The number of anilines is 1. The SMILES string of the molecule is Cc1ncsc1-c1ccc(C(C)NC(=O)C2CCCN2C(=O)Cc2cc(N3CCC(C4(N5CCC(O)CC5)CC4)CC3)no2)cc1. The van der Waals surface area contributed by atoms with Crippen LogP contribution in [-0.4, -0.2) is 87.3 Å². The van der Waals surface area contributed by atoms with E-state index in [1.54, 1.807) is 16.2 Å². The highest BCUT2D eigenvalue weighted by Gasteiger charge is 2.54. The number of hydrogen-bond donors (Lipinski definition) is 2. The van der Waals surface area contributed by atoms with Gasteiger partial charge in [0.1, 0.15) is 11.8 Å². The van der Waals surface area contributed by atoms with E-state index in [4.69, 9.17) is 4.52 Å². The first-order valence-electron chi connectivity index (χ1n) is 17.0. The van der Waals surface area contributed by atoms with Crippen LogP contribution in [0.2, 0.25) is 0 Å². The number of nitrogens with one attached hydrogen (secondary N) is 1. The molecule has 46 heavy (non-hydrogen) atoms. The van der Waals surface area contributed by atoms with Gasteiger partial charge in [0, 0.05) is 44.3 Å². The Labute approximate surface area is 275 Å². The van der Waals surface area contributed by atoms with E-state index in [0.29, 0.717) is 30.2 Å². The molecule has 10 nitrogen and oxygen atoms in total. The van der Waals surface area contributed by atoms with Crippen LogP contribution in [-0.2, 0) is 16.0 Å². The highest BCUT2D eigenvalue weighted by molar-refractivity contribution is 7.13. The molecule has 2 amide bonds. The Morgan fingerprint density at radius 2 is 1.80 bits per heavy atom. The molecular weight excluding hydrogens is 600 g/mol. The van der Waals surface area contributed by atoms with Gasteiger partial charge in [-0.2, -0.15) is 0 Å². The summed E-state index contributed by atoms with van der Waals surface area (Å²) in [6.45, 7) is 8.46. The van der Waals surface area contributed by atoms with Crippen molar-refractivity contribution < 1.29 is 19.2 Å². The van der Waals surface area contributed by atoms with Gasteiger partial charge >= 0.3 is 0 Å². The summed E-state index contributed by atoms with van der Waals surface area (Å²) in [4.78, 5) is 38.9. The van der Waals surface area contributed by atoms with Gasteiger partial charge in [0.05, 0.1) is 34.6 Å². The van der Waals surface area contributed by atoms with Gasteiger partial charge in [0.2, 0.25) is 11.8 Å². The molecule has 0 radical (unpaired) electrons. The minimum Gasteiger partial charge on any atom is -0.393 e. The van der Waals surface area contributed by atoms with Crippen molar-refractivity contribution in [3.05, 3.63) is 52.9 Å². The summed E-state index contributed by atoms with van der Waals surface area (Å²) in [6, 6.07) is 9.49. The van der Waals surface area contributed by atoms with Gasteiger partial charge in [-0.25, -0.2) is 4.98 Å². The second kappa shape index (κ2) is 13.1. The Morgan fingerprint density at radius 3 is 2.48 bits per heavy atom. The van der Waals surface area contributed by atoms with Gasteiger partial charge in [-0.1, -0.05) is 29.4 Å². The van der Waals surface area contributed by atoms with Crippen LogP contribution < -0.4 is 10.2 Å². The number of carbonyl (C=O) groups excluding carboxylic acids is 2. The summed E-state index contributed by atoms with van der Waals surface area (Å²) in [5, 5.41) is 17.4. The summed E-state index contributed by atoms with van der Waals surface area (Å²) >= 11 is 1.62. The molecule has 1 aromatic carbocycles. The van der Waals surface area contributed by atoms with E-state index >= 15 is 0 Å². The van der Waals surface area contributed by atoms with E-state index in [0.717, 1.165) is 85.8 Å². The lowest BCUT2D eigenvalue weighted by Crippen LogP contribution is -2.51. The highest BCUT2D eigenvalue weighted by Crippen LogP contribution is 2.52. The molecular formula is C35H46N6O4S. The second-order valence-corrected chi connectivity index (χ2v) is 14.6. The Hall–Kier alpha value is -3.28. The number of rotatable bonds is 9. The van der Waals surface area contributed by atoms with Crippen molar-refractivity contribution in [3.63, 3.8) is 0 Å². The summed E-state index contributed by atoms with van der Waals surface area (Å²) in [5.41, 5.74) is 5.36. The average Bonchev–Trinajstić information content (AvgIpc) is 3.38. The van der Waals surface area contributed by atoms with E-state index in [2.05, 4.69) is 37.4 Å². The number of aliphatic hydroxyl groups is 1. The fourth-order valence-corrected chi connectivity index (χ4v) is 8.90. The van der Waals surface area contributed by atoms with Gasteiger partial charge in [-0.15, -0.1) is 11.3 Å². The van der Waals surface area contributed by atoms with Crippen LogP contribution in [0.4, 0.5) is 5.82 Å². The molecule has 1 aliphatic carbocycles. The highest BCUT2D eigenvalue weighted by atomic mass is 32.1. The molecule has 4 aliphatic rings. The predicted molar refractivity (Wildman–Crippen MR) is 178 cm³/mol. The minimum atomic E-state index is -0.478. The largest absolute Gasteiger partial charge is 0.393 e. The molecule has 0 spiro atoms. The Morgan fingerprint density at radius 1 is 1.07 bits per heavy atom. The van der Waals surface area contributed by atoms with Gasteiger partial charge < -0.3 is 24.7 Å². The topological polar surface area (TPSA) is 115 Å². The number of thiazole rings is 1. The molecule has 2 unspecified atom stereocenters. The van der Waals surface area contributed by atoms with E-state index in [1.807, 2.05) is 37.6 Å². The fourth-order valence-electron chi connectivity index (χ4n) is 8.09. The third kappa shape index (κ3) is 6.33. The van der Waals surface area contributed by atoms with E-state index in [9.17, 15) is 14.7 Å². The first-order chi connectivity index (χ1) is 22.3. The molecule has 2 aromatic heterocycles. The number of aliphatic hydroxyl groups excluding tert-OH is 1. The van der Waals surface area contributed by atoms with Crippen molar-refractivity contribution in [2.75, 3.05) is 37.6 Å². The predicted octanol–water partition coefficient (Wildman–Crippen LogP) is 4.72. The summed E-state index contributed by atoms with van der Waals surface area (Å²) < 4.78 is 5.65. The van der Waals surface area contributed by atoms with Crippen molar-refractivity contribution in [1.29, 1.82) is 0 Å². The average molecular weight is 647 g/mol. The number of carbonyl (C=O) groups is 2. The fraction of sp³-hybridized carbons (Fsp3) is 0.600. The van der Waals surface area contributed by atoms with Crippen molar-refractivity contribution in [2.24, 2.45) is 5.92 Å². The zero-order valence-corrected chi connectivity index (χ0v) is 27.8. The maximum Gasteiger partial charge on any atom is 0.243 e. The van der Waals surface area contributed by atoms with Crippen molar-refractivity contribution in [2.45, 2.75) is 95.4 Å². The van der Waals surface area contributed by atoms with Crippen LogP contribution in [0.25, 0.3) is 10.4 Å². The van der Waals surface area contributed by atoms with E-state index in [-0.39, 0.29) is 30.4 Å². The van der Waals surface area contributed by atoms with E-state index in [1.165, 1.54) is 12.8 Å². The molecule has 5 heterocycles. The summed E-state index contributed by atoms with van der Waals surface area (Å²) in [5.74, 6) is 1.81. The second-order valence-electron chi connectivity index (χ2n) is 13.8. The maximum absolute atomic E-state index is 13.4. The smallest absolute Gasteiger partial charge is 0.243 e. The molecule has 7 rings (SSSR count). The van der Waals surface area contributed by atoms with Crippen LogP contribution in [0.1, 0.15) is 81.3 Å². The van der Waals surface area contributed by atoms with Crippen molar-refractivity contribution >= 4 is 29.0 Å². The molecule has 2 atom stereocenters.